The van der Waals surface area contributed by atoms with Crippen LogP contribution in [0.15, 0.2) is 35.5 Å². The first-order chi connectivity index (χ1) is 10.4. The highest BCUT2D eigenvalue weighted by atomic mass is 35.5. The molecular weight excluding hydrogens is 323 g/mol. The smallest absolute Gasteiger partial charge is 0.179 e. The molecule has 0 aromatic heterocycles. The van der Waals surface area contributed by atoms with Crippen molar-refractivity contribution in [3.63, 3.8) is 0 Å². The Kier molecular flexibility index (Phi) is 3.11. The number of nitriles is 2. The Morgan fingerprint density at radius 2 is 1.45 bits per heavy atom. The van der Waals surface area contributed by atoms with Gasteiger partial charge in [0.05, 0.1) is 12.1 Å². The lowest BCUT2D eigenvalue weighted by Gasteiger charge is -2.56. The van der Waals surface area contributed by atoms with Gasteiger partial charge in [-0.1, -0.05) is 24.3 Å². The van der Waals surface area contributed by atoms with E-state index in [-0.39, 0.29) is 5.92 Å². The molecule has 3 aliphatic rings. The molecule has 2 unspecified atom stereocenters. The van der Waals surface area contributed by atoms with Crippen molar-refractivity contribution in [1.82, 2.24) is 0 Å². The number of nitrogens with zero attached hydrogens (tertiary/aromatic N) is 2. The number of carbonyl (C=O) groups excluding carboxylic acids is 2. The molecule has 0 saturated heterocycles. The molecular formula is C16H10Cl2N2O2. The van der Waals surface area contributed by atoms with Gasteiger partial charge in [0.15, 0.2) is 22.4 Å². The van der Waals surface area contributed by atoms with Crippen molar-refractivity contribution in [1.29, 1.82) is 10.5 Å². The second-order valence-electron chi connectivity index (χ2n) is 5.59. The Bertz CT molecular complexity index is 771. The second-order valence-corrected chi connectivity index (χ2v) is 6.53. The van der Waals surface area contributed by atoms with E-state index in [0.717, 1.165) is 0 Å². The number of hydrogen-bond acceptors (Lipinski definition) is 4. The van der Waals surface area contributed by atoms with Crippen LogP contribution in [0.2, 0.25) is 0 Å². The summed E-state index contributed by atoms with van der Waals surface area (Å²) in [5.74, 6) is -1.61. The van der Waals surface area contributed by atoms with Gasteiger partial charge in [-0.15, -0.1) is 23.2 Å². The molecule has 22 heavy (non-hydrogen) atoms. The highest BCUT2D eigenvalue weighted by molar-refractivity contribution is 6.47. The van der Waals surface area contributed by atoms with Crippen LogP contribution in [-0.2, 0) is 9.59 Å². The van der Waals surface area contributed by atoms with E-state index >= 15 is 0 Å². The molecule has 0 amide bonds. The minimum Gasteiger partial charge on any atom is -0.296 e. The highest BCUT2D eigenvalue weighted by Gasteiger charge is 2.77. The summed E-state index contributed by atoms with van der Waals surface area (Å²) in [6.45, 7) is 1.61. The monoisotopic (exact) mass is 332 g/mol. The molecule has 0 heterocycles. The Labute approximate surface area is 137 Å². The second kappa shape index (κ2) is 4.56. The van der Waals surface area contributed by atoms with Crippen LogP contribution in [0.3, 0.4) is 0 Å². The minimum absolute atomic E-state index is 0.284. The largest absolute Gasteiger partial charge is 0.296 e. The lowest BCUT2D eigenvalue weighted by Crippen LogP contribution is -2.69. The third kappa shape index (κ3) is 1.29. The zero-order valence-electron chi connectivity index (χ0n) is 11.5. The Hall–Kier alpha value is -1.88. The van der Waals surface area contributed by atoms with E-state index in [1.807, 2.05) is 24.3 Å². The van der Waals surface area contributed by atoms with Gasteiger partial charge in [-0.3, -0.25) is 9.59 Å². The van der Waals surface area contributed by atoms with Gasteiger partial charge in [0.1, 0.15) is 10.8 Å². The maximum Gasteiger partial charge on any atom is 0.179 e. The van der Waals surface area contributed by atoms with E-state index in [4.69, 9.17) is 23.2 Å². The van der Waals surface area contributed by atoms with Crippen molar-refractivity contribution in [3.05, 3.63) is 35.5 Å². The quantitative estimate of drug-likeness (QED) is 0.545. The van der Waals surface area contributed by atoms with Crippen molar-refractivity contribution in [3.8, 4) is 12.1 Å². The fraction of sp³-hybridized carbons (Fsp3) is 0.375. The van der Waals surface area contributed by atoms with Gasteiger partial charge >= 0.3 is 0 Å². The predicted octanol–water partition coefficient (Wildman–Crippen LogP) is 2.45. The predicted molar refractivity (Wildman–Crippen MR) is 79.9 cm³/mol. The molecule has 3 aliphatic carbocycles. The fourth-order valence-electron chi connectivity index (χ4n) is 3.82. The summed E-state index contributed by atoms with van der Waals surface area (Å²) >= 11 is 11.9. The fourth-order valence-corrected chi connectivity index (χ4v) is 4.37. The van der Waals surface area contributed by atoms with Gasteiger partial charge in [0.25, 0.3) is 0 Å². The molecule has 1 fully saturated rings. The van der Waals surface area contributed by atoms with Crippen molar-refractivity contribution in [2.75, 3.05) is 0 Å². The van der Waals surface area contributed by atoms with E-state index in [1.54, 1.807) is 19.1 Å². The first-order valence-electron chi connectivity index (χ1n) is 6.66. The molecule has 0 spiro atoms. The van der Waals surface area contributed by atoms with Crippen molar-refractivity contribution >= 4 is 34.8 Å². The van der Waals surface area contributed by atoms with E-state index < -0.39 is 33.2 Å². The first kappa shape index (κ1) is 15.0. The number of ketones is 2. The van der Waals surface area contributed by atoms with Gasteiger partial charge in [-0.05, 0) is 18.1 Å². The number of allylic oxidation sites excluding steroid dienone is 6. The third-order valence-electron chi connectivity index (χ3n) is 4.85. The Morgan fingerprint density at radius 1 is 1.00 bits per heavy atom. The number of fused-ring (bicyclic) bond motifs is 1. The van der Waals surface area contributed by atoms with Crippen LogP contribution in [0.25, 0.3) is 0 Å². The van der Waals surface area contributed by atoms with E-state index in [1.165, 1.54) is 0 Å². The van der Waals surface area contributed by atoms with Crippen LogP contribution >= 0.6 is 23.2 Å². The van der Waals surface area contributed by atoms with E-state index in [0.29, 0.717) is 11.1 Å². The van der Waals surface area contributed by atoms with Crippen LogP contribution in [0, 0.1) is 39.4 Å². The molecule has 0 aromatic rings. The molecule has 110 valence electrons. The number of hydrogen-bond donors (Lipinski definition) is 0. The van der Waals surface area contributed by atoms with Crippen molar-refractivity contribution < 1.29 is 9.59 Å². The molecule has 0 N–H and O–H groups in total. The maximum absolute atomic E-state index is 12.7. The summed E-state index contributed by atoms with van der Waals surface area (Å²) in [7, 11) is 0. The molecule has 0 radical (unpaired) electrons. The number of rotatable bonds is 1. The summed E-state index contributed by atoms with van der Waals surface area (Å²) in [4.78, 5) is 25.4. The number of Topliss-reactive ketones (excluding diaryl/α,β-unsaturated/α-hetero) is 2. The van der Waals surface area contributed by atoms with Gasteiger partial charge in [-0.25, -0.2) is 0 Å². The summed E-state index contributed by atoms with van der Waals surface area (Å²) in [5.41, 5.74) is -2.75. The Balaban J connectivity index is 2.34. The van der Waals surface area contributed by atoms with E-state index in [2.05, 4.69) is 0 Å². The average molecular weight is 333 g/mol. The topological polar surface area (TPSA) is 81.7 Å². The third-order valence-corrected chi connectivity index (χ3v) is 5.88. The molecule has 0 bridgehead atoms. The number of carbonyl (C=O) groups is 2. The number of alkyl halides is 2. The molecule has 1 saturated carbocycles. The molecule has 0 aliphatic heterocycles. The molecule has 6 heteroatoms. The van der Waals surface area contributed by atoms with Crippen molar-refractivity contribution in [2.24, 2.45) is 16.7 Å². The Morgan fingerprint density at radius 3 is 1.91 bits per heavy atom. The minimum atomic E-state index is -1.84. The zero-order chi connectivity index (χ0) is 16.3. The van der Waals surface area contributed by atoms with Gasteiger partial charge < -0.3 is 0 Å². The normalized spacial score (nSPS) is 40.2. The average Bonchev–Trinajstić information content (AvgIpc) is 3.03. The lowest BCUT2D eigenvalue weighted by molar-refractivity contribution is -0.144. The summed E-state index contributed by atoms with van der Waals surface area (Å²) < 4.78 is 0. The highest BCUT2D eigenvalue weighted by Crippen LogP contribution is 2.67. The first-order valence-corrected chi connectivity index (χ1v) is 7.53. The summed E-state index contributed by atoms with van der Waals surface area (Å²) in [6.07, 6.45) is 7.21. The molecule has 4 atom stereocenters. The van der Waals surface area contributed by atoms with Crippen LogP contribution in [0.4, 0.5) is 0 Å². The molecule has 0 aromatic carbocycles. The SMILES string of the molecule is CC1=C(C2C=CC=C2)[C@@]2(C#N)C(=O)C(Cl)C(Cl)C(=O)[C@@]12C#N. The van der Waals surface area contributed by atoms with Gasteiger partial charge in [-0.2, -0.15) is 10.5 Å². The standard InChI is InChI=1S/C16H10Cl2N2O2/c1-8-10(9-4-2-3-5-9)16(7-20)14(22)12(18)11(17)13(21)15(8,16)6-19/h2-5,9,11-12H,1H3/t11?,12?,15-,16+/m1/s1. The zero-order valence-corrected chi connectivity index (χ0v) is 13.0. The van der Waals surface area contributed by atoms with Crippen LogP contribution in [0.1, 0.15) is 6.92 Å². The number of halogens is 2. The summed E-state index contributed by atoms with van der Waals surface area (Å²) in [5, 5.41) is 16.8. The van der Waals surface area contributed by atoms with Crippen LogP contribution in [0.5, 0.6) is 0 Å². The lowest BCUT2D eigenvalue weighted by atomic mass is 9.40. The maximum atomic E-state index is 12.7. The van der Waals surface area contributed by atoms with Gasteiger partial charge in [0, 0.05) is 5.92 Å². The molecule has 3 rings (SSSR count). The van der Waals surface area contributed by atoms with Crippen LogP contribution < -0.4 is 0 Å². The summed E-state index contributed by atoms with van der Waals surface area (Å²) in [6, 6.07) is 3.84. The van der Waals surface area contributed by atoms with E-state index in [9.17, 15) is 20.1 Å². The van der Waals surface area contributed by atoms with Gasteiger partial charge in [0.2, 0.25) is 0 Å². The van der Waals surface area contributed by atoms with Crippen molar-refractivity contribution in [2.45, 2.75) is 17.7 Å². The van der Waals surface area contributed by atoms with Crippen LogP contribution in [-0.4, -0.2) is 22.3 Å². The molecule has 4 nitrogen and oxygen atoms in total.